The second-order valence-corrected chi connectivity index (χ2v) is 13.6. The lowest BCUT2D eigenvalue weighted by Crippen LogP contribution is -2.29. The van der Waals surface area contributed by atoms with Gasteiger partial charge in [-0.1, -0.05) is 115 Å². The quantitative estimate of drug-likeness (QED) is 0.0433. The van der Waals surface area contributed by atoms with Crippen LogP contribution in [-0.4, -0.2) is 61.4 Å². The summed E-state index contributed by atoms with van der Waals surface area (Å²) in [4.78, 5) is 27.2. The van der Waals surface area contributed by atoms with E-state index in [2.05, 4.69) is 45.6 Å². The van der Waals surface area contributed by atoms with Gasteiger partial charge in [0.05, 0.1) is 19.1 Å². The van der Waals surface area contributed by atoms with Crippen molar-refractivity contribution in [3.05, 3.63) is 23.3 Å². The Morgan fingerprint density at radius 2 is 1.22 bits per heavy atom. The molecule has 0 spiro atoms. The van der Waals surface area contributed by atoms with Crippen LogP contribution < -0.4 is 0 Å². The molecule has 0 bridgehead atoms. The van der Waals surface area contributed by atoms with Crippen LogP contribution in [0.15, 0.2) is 23.3 Å². The Hall–Kier alpha value is -1.66. The van der Waals surface area contributed by atoms with Crippen molar-refractivity contribution in [2.24, 2.45) is 5.92 Å². The predicted molar refractivity (Wildman–Crippen MR) is 195 cm³/mol. The monoisotopic (exact) mass is 650 g/mol. The van der Waals surface area contributed by atoms with Gasteiger partial charge in [-0.15, -0.1) is 0 Å². The summed E-state index contributed by atoms with van der Waals surface area (Å²) in [5, 5.41) is 9.50. The fourth-order valence-electron chi connectivity index (χ4n) is 5.75. The van der Waals surface area contributed by atoms with Crippen molar-refractivity contribution in [1.29, 1.82) is 0 Å². The SMILES string of the molecule is CCCCCCCCC(CCCCCC)C(=O)OCCCCCCN(CCO)CCCCCC(=O)OC/C=C(/C)CCC=C(C)C. The molecule has 0 fully saturated rings. The molecule has 0 aliphatic rings. The van der Waals surface area contributed by atoms with Crippen LogP contribution in [0.5, 0.6) is 0 Å². The molecule has 270 valence electrons. The minimum Gasteiger partial charge on any atom is -0.465 e. The molecule has 0 aromatic rings. The number of allylic oxidation sites excluding steroid dienone is 3. The number of hydrogen-bond donors (Lipinski definition) is 1. The van der Waals surface area contributed by atoms with Gasteiger partial charge in [0.1, 0.15) is 6.61 Å². The number of esters is 2. The first-order valence-electron chi connectivity index (χ1n) is 19.3. The average Bonchev–Trinajstić information content (AvgIpc) is 3.02. The van der Waals surface area contributed by atoms with Crippen LogP contribution in [0.4, 0.5) is 0 Å². The van der Waals surface area contributed by atoms with E-state index in [0.717, 1.165) is 96.6 Å². The molecule has 0 radical (unpaired) electrons. The van der Waals surface area contributed by atoms with Gasteiger partial charge in [-0.3, -0.25) is 9.59 Å². The summed E-state index contributed by atoms with van der Waals surface area (Å²) in [6, 6.07) is 0. The third-order valence-electron chi connectivity index (χ3n) is 8.80. The van der Waals surface area contributed by atoms with Gasteiger partial charge in [-0.25, -0.2) is 0 Å². The highest BCUT2D eigenvalue weighted by Crippen LogP contribution is 2.21. The summed E-state index contributed by atoms with van der Waals surface area (Å²) in [6.07, 6.45) is 28.1. The molecule has 6 heteroatoms. The number of nitrogens with zero attached hydrogens (tertiary/aromatic N) is 1. The van der Waals surface area contributed by atoms with E-state index in [1.807, 2.05) is 6.08 Å². The fourth-order valence-corrected chi connectivity index (χ4v) is 5.75. The Morgan fingerprint density at radius 1 is 0.652 bits per heavy atom. The molecule has 0 aliphatic carbocycles. The van der Waals surface area contributed by atoms with Gasteiger partial charge in [-0.2, -0.15) is 0 Å². The zero-order valence-electron chi connectivity index (χ0n) is 31.1. The summed E-state index contributed by atoms with van der Waals surface area (Å²) in [5.41, 5.74) is 2.59. The zero-order chi connectivity index (χ0) is 34.1. The lowest BCUT2D eigenvalue weighted by Gasteiger charge is -2.21. The number of aliphatic hydroxyl groups is 1. The van der Waals surface area contributed by atoms with Crippen LogP contribution in [0.3, 0.4) is 0 Å². The van der Waals surface area contributed by atoms with Crippen molar-refractivity contribution in [1.82, 2.24) is 4.90 Å². The number of carbonyl (C=O) groups is 2. The maximum atomic E-state index is 12.8. The zero-order valence-corrected chi connectivity index (χ0v) is 31.1. The normalized spacial score (nSPS) is 12.4. The van der Waals surface area contributed by atoms with Crippen molar-refractivity contribution in [2.75, 3.05) is 39.5 Å². The third-order valence-corrected chi connectivity index (χ3v) is 8.80. The minimum atomic E-state index is -0.119. The van der Waals surface area contributed by atoms with E-state index in [4.69, 9.17) is 9.47 Å². The Bertz CT molecular complexity index is 774. The number of unbranched alkanes of at least 4 members (excludes halogenated alkanes) is 13. The maximum Gasteiger partial charge on any atom is 0.308 e. The third kappa shape index (κ3) is 29.7. The topological polar surface area (TPSA) is 76.1 Å². The molecule has 0 aromatic heterocycles. The summed E-state index contributed by atoms with van der Waals surface area (Å²) >= 11 is 0. The molecule has 0 saturated carbocycles. The van der Waals surface area contributed by atoms with E-state index < -0.39 is 0 Å². The summed E-state index contributed by atoms with van der Waals surface area (Å²) in [6.45, 7) is 14.5. The molecule has 0 saturated heterocycles. The van der Waals surface area contributed by atoms with E-state index in [-0.39, 0.29) is 24.5 Å². The van der Waals surface area contributed by atoms with Gasteiger partial charge in [0.25, 0.3) is 0 Å². The van der Waals surface area contributed by atoms with Crippen LogP contribution in [0.2, 0.25) is 0 Å². The molecule has 0 rings (SSSR count). The number of hydrogen-bond acceptors (Lipinski definition) is 6. The van der Waals surface area contributed by atoms with Crippen molar-refractivity contribution >= 4 is 11.9 Å². The van der Waals surface area contributed by atoms with Gasteiger partial charge in [0.2, 0.25) is 0 Å². The van der Waals surface area contributed by atoms with Gasteiger partial charge in [-0.05, 0) is 91.3 Å². The van der Waals surface area contributed by atoms with Crippen molar-refractivity contribution in [3.63, 3.8) is 0 Å². The summed E-state index contributed by atoms with van der Waals surface area (Å²) in [7, 11) is 0. The van der Waals surface area contributed by atoms with Gasteiger partial charge in [0, 0.05) is 13.0 Å². The molecule has 0 amide bonds. The Kier molecular flexibility index (Phi) is 32.0. The molecule has 1 atom stereocenters. The van der Waals surface area contributed by atoms with Gasteiger partial charge >= 0.3 is 11.9 Å². The molecular formula is C40H75NO5. The number of ether oxygens (including phenoxy) is 2. The highest BCUT2D eigenvalue weighted by atomic mass is 16.5. The van der Waals surface area contributed by atoms with Crippen molar-refractivity contribution in [2.45, 2.75) is 176 Å². The molecule has 1 N–H and O–H groups in total. The molecule has 0 aliphatic heterocycles. The number of carbonyl (C=O) groups excluding carboxylic acids is 2. The fraction of sp³-hybridized carbons (Fsp3) is 0.850. The molecular weight excluding hydrogens is 574 g/mol. The number of aliphatic hydroxyl groups excluding tert-OH is 1. The van der Waals surface area contributed by atoms with Crippen LogP contribution in [0, 0.1) is 5.92 Å². The first-order valence-corrected chi connectivity index (χ1v) is 19.3. The van der Waals surface area contributed by atoms with Crippen LogP contribution in [-0.2, 0) is 19.1 Å². The highest BCUT2D eigenvalue weighted by molar-refractivity contribution is 5.72. The Morgan fingerprint density at radius 3 is 1.85 bits per heavy atom. The van der Waals surface area contributed by atoms with Gasteiger partial charge in [0.15, 0.2) is 0 Å². The standard InChI is InChI=1S/C40H75NO5/c1-6-8-10-12-13-18-27-38(26-17-11-9-7-2)40(44)46-34-22-15-14-20-30-41(32-33-42)31-21-16-19-28-39(43)45-35-29-37(5)25-23-24-36(3)4/h24,29,38,42H,6-23,25-28,30-35H2,1-5H3/b37-29-. The molecule has 0 aromatic carbocycles. The van der Waals surface area contributed by atoms with E-state index in [1.54, 1.807) is 0 Å². The first kappa shape index (κ1) is 44.3. The second kappa shape index (κ2) is 33.2. The second-order valence-electron chi connectivity index (χ2n) is 13.6. The lowest BCUT2D eigenvalue weighted by atomic mass is 9.94. The average molecular weight is 650 g/mol. The van der Waals surface area contributed by atoms with Crippen LogP contribution in [0.25, 0.3) is 0 Å². The number of rotatable bonds is 33. The lowest BCUT2D eigenvalue weighted by molar-refractivity contribution is -0.149. The van der Waals surface area contributed by atoms with E-state index in [9.17, 15) is 14.7 Å². The predicted octanol–water partition coefficient (Wildman–Crippen LogP) is 10.5. The largest absolute Gasteiger partial charge is 0.465 e. The van der Waals surface area contributed by atoms with Crippen LogP contribution in [0.1, 0.15) is 176 Å². The van der Waals surface area contributed by atoms with E-state index in [0.29, 0.717) is 26.2 Å². The van der Waals surface area contributed by atoms with Crippen molar-refractivity contribution < 1.29 is 24.2 Å². The van der Waals surface area contributed by atoms with E-state index >= 15 is 0 Å². The maximum absolute atomic E-state index is 12.8. The van der Waals surface area contributed by atoms with Crippen LogP contribution >= 0.6 is 0 Å². The smallest absolute Gasteiger partial charge is 0.308 e. The van der Waals surface area contributed by atoms with Crippen molar-refractivity contribution in [3.8, 4) is 0 Å². The molecule has 6 nitrogen and oxygen atoms in total. The molecule has 1 unspecified atom stereocenters. The molecule has 46 heavy (non-hydrogen) atoms. The summed E-state index contributed by atoms with van der Waals surface area (Å²) in [5.74, 6) is -0.00796. The molecule has 0 heterocycles. The first-order chi connectivity index (χ1) is 22.3. The van der Waals surface area contributed by atoms with Gasteiger partial charge < -0.3 is 19.5 Å². The highest BCUT2D eigenvalue weighted by Gasteiger charge is 2.19. The Labute approximate surface area is 285 Å². The summed E-state index contributed by atoms with van der Waals surface area (Å²) < 4.78 is 11.1. The minimum absolute atomic E-state index is 0.0325. The van der Waals surface area contributed by atoms with E-state index in [1.165, 1.54) is 62.5 Å². The Balaban J connectivity index is 4.08.